The maximum atomic E-state index is 11.8. The monoisotopic (exact) mass is 468 g/mol. The summed E-state index contributed by atoms with van der Waals surface area (Å²) in [6, 6.07) is 13.6. The summed E-state index contributed by atoms with van der Waals surface area (Å²) in [7, 11) is 1.37. The Morgan fingerprint density at radius 2 is 1.97 bits per heavy atom. The molecule has 3 aromatic rings. The first-order valence-electron chi connectivity index (χ1n) is 10.8. The van der Waals surface area contributed by atoms with E-state index < -0.39 is 6.09 Å². The van der Waals surface area contributed by atoms with E-state index in [1.807, 2.05) is 18.0 Å². The van der Waals surface area contributed by atoms with E-state index in [9.17, 15) is 4.79 Å². The van der Waals surface area contributed by atoms with Gasteiger partial charge in [0.2, 0.25) is 0 Å². The van der Waals surface area contributed by atoms with Crippen LogP contribution in [0, 0.1) is 6.92 Å². The molecule has 6 nitrogen and oxygen atoms in total. The lowest BCUT2D eigenvalue weighted by atomic mass is 10.2. The van der Waals surface area contributed by atoms with Crippen LogP contribution in [0.15, 0.2) is 65.0 Å². The first-order valence-corrected chi connectivity index (χ1v) is 12.7. The number of ether oxygens (including phenoxy) is 1. The number of hydrogen-bond acceptors (Lipinski definition) is 7. The van der Waals surface area contributed by atoms with Gasteiger partial charge in [0, 0.05) is 54.1 Å². The molecular weight excluding hydrogens is 440 g/mol. The van der Waals surface area contributed by atoms with Gasteiger partial charge in [-0.2, -0.15) is 0 Å². The molecule has 0 saturated heterocycles. The third-order valence-electron chi connectivity index (χ3n) is 5.50. The molecule has 2 aromatic heterocycles. The third kappa shape index (κ3) is 5.94. The average molecular weight is 469 g/mol. The zero-order chi connectivity index (χ0) is 22.3. The van der Waals surface area contributed by atoms with Gasteiger partial charge in [-0.15, -0.1) is 11.8 Å². The first kappa shape index (κ1) is 22.9. The number of thioether (sulfide) groups is 2. The second-order valence-corrected chi connectivity index (χ2v) is 9.83. The van der Waals surface area contributed by atoms with E-state index in [4.69, 9.17) is 4.74 Å². The van der Waals surface area contributed by atoms with E-state index in [2.05, 4.69) is 58.2 Å². The predicted molar refractivity (Wildman–Crippen MR) is 129 cm³/mol. The van der Waals surface area contributed by atoms with Crippen LogP contribution in [0.3, 0.4) is 0 Å². The van der Waals surface area contributed by atoms with Crippen LogP contribution >= 0.6 is 23.5 Å². The number of carbonyl (C=O) groups is 1. The SMILES string of the molecule is COC(=O)n1ccnc1SCc1nccc(SCCN(Cc2ccccc2)C2CC2)c1C. The minimum absolute atomic E-state index is 0.435. The van der Waals surface area contributed by atoms with Crippen molar-refractivity contribution in [2.45, 2.75) is 48.2 Å². The molecule has 0 atom stereocenters. The standard InChI is InChI=1S/C24H28N4O2S2/c1-18-21(17-32-23-26-12-13-28(23)24(29)30-2)25-11-10-22(18)31-15-14-27(20-8-9-20)16-19-6-4-3-5-7-19/h3-7,10-13,20H,8-9,14-17H2,1-2H3. The lowest BCUT2D eigenvalue weighted by molar-refractivity contribution is 0.170. The lowest BCUT2D eigenvalue weighted by Crippen LogP contribution is -2.28. The van der Waals surface area contributed by atoms with E-state index >= 15 is 0 Å². The number of aromatic nitrogens is 3. The Kier molecular flexibility index (Phi) is 7.89. The van der Waals surface area contributed by atoms with Crippen LogP contribution in [0.25, 0.3) is 0 Å². The third-order valence-corrected chi connectivity index (χ3v) is 7.62. The van der Waals surface area contributed by atoms with E-state index in [1.54, 1.807) is 12.4 Å². The van der Waals surface area contributed by atoms with Gasteiger partial charge in [0.05, 0.1) is 12.8 Å². The number of imidazole rings is 1. The minimum Gasteiger partial charge on any atom is -0.452 e. The normalized spacial score (nSPS) is 13.5. The Balaban J connectivity index is 1.33. The first-order chi connectivity index (χ1) is 15.7. The summed E-state index contributed by atoms with van der Waals surface area (Å²) in [4.78, 5) is 24.5. The van der Waals surface area contributed by atoms with Crippen molar-refractivity contribution >= 4 is 29.6 Å². The molecule has 1 fully saturated rings. The number of carbonyl (C=O) groups excluding carboxylic acids is 1. The van der Waals surface area contributed by atoms with Crippen molar-refractivity contribution < 1.29 is 9.53 Å². The van der Waals surface area contributed by atoms with Crippen LogP contribution in [0.4, 0.5) is 4.79 Å². The quantitative estimate of drug-likeness (QED) is 0.377. The summed E-state index contributed by atoms with van der Waals surface area (Å²) >= 11 is 3.38. The molecule has 0 aliphatic heterocycles. The fraction of sp³-hybridized carbons (Fsp3) is 0.375. The van der Waals surface area contributed by atoms with Crippen molar-refractivity contribution in [1.82, 2.24) is 19.4 Å². The summed E-state index contributed by atoms with van der Waals surface area (Å²) in [5, 5.41) is 0.608. The van der Waals surface area contributed by atoms with Gasteiger partial charge >= 0.3 is 6.09 Å². The molecular formula is C24H28N4O2S2. The van der Waals surface area contributed by atoms with Gasteiger partial charge in [-0.25, -0.2) is 14.3 Å². The molecule has 1 aliphatic carbocycles. The highest BCUT2D eigenvalue weighted by molar-refractivity contribution is 7.99. The van der Waals surface area contributed by atoms with Crippen LogP contribution in [0.5, 0.6) is 0 Å². The van der Waals surface area contributed by atoms with Gasteiger partial charge in [-0.3, -0.25) is 9.88 Å². The smallest absolute Gasteiger partial charge is 0.419 e. The molecule has 0 amide bonds. The van der Waals surface area contributed by atoms with Gasteiger partial charge in [0.1, 0.15) is 0 Å². The largest absolute Gasteiger partial charge is 0.452 e. The van der Waals surface area contributed by atoms with Crippen LogP contribution in [0.1, 0.15) is 29.7 Å². The highest BCUT2D eigenvalue weighted by Gasteiger charge is 2.28. The van der Waals surface area contributed by atoms with E-state index in [1.165, 1.54) is 52.3 Å². The van der Waals surface area contributed by atoms with E-state index in [0.29, 0.717) is 10.9 Å². The fourth-order valence-electron chi connectivity index (χ4n) is 3.55. The second kappa shape index (κ2) is 11.0. The zero-order valence-electron chi connectivity index (χ0n) is 18.4. The van der Waals surface area contributed by atoms with E-state index in [0.717, 1.165) is 30.6 Å². The molecule has 8 heteroatoms. The molecule has 0 unspecified atom stereocenters. The van der Waals surface area contributed by atoms with Crippen molar-refractivity contribution in [3.8, 4) is 0 Å². The molecule has 0 bridgehead atoms. The van der Waals surface area contributed by atoms with Crippen molar-refractivity contribution in [3.05, 3.63) is 71.8 Å². The number of hydrogen-bond donors (Lipinski definition) is 0. The van der Waals surface area contributed by atoms with Crippen molar-refractivity contribution in [1.29, 1.82) is 0 Å². The minimum atomic E-state index is -0.435. The van der Waals surface area contributed by atoms with Crippen molar-refractivity contribution in [2.75, 3.05) is 19.4 Å². The number of rotatable bonds is 10. The Bertz CT molecular complexity index is 1040. The summed E-state index contributed by atoms with van der Waals surface area (Å²) in [5.74, 6) is 1.70. The van der Waals surface area contributed by atoms with Crippen LogP contribution in [-0.4, -0.2) is 51.0 Å². The number of methoxy groups -OCH3 is 1. The summed E-state index contributed by atoms with van der Waals surface area (Å²) in [6.07, 6.45) is 7.29. The van der Waals surface area contributed by atoms with Gasteiger partial charge < -0.3 is 4.74 Å². The van der Waals surface area contributed by atoms with Gasteiger partial charge in [-0.05, 0) is 37.0 Å². The molecule has 2 heterocycles. The maximum Gasteiger partial charge on any atom is 0.419 e. The molecule has 0 spiro atoms. The second-order valence-electron chi connectivity index (χ2n) is 7.76. The van der Waals surface area contributed by atoms with Crippen LogP contribution in [0.2, 0.25) is 0 Å². The number of nitrogens with zero attached hydrogens (tertiary/aromatic N) is 4. The van der Waals surface area contributed by atoms with E-state index in [-0.39, 0.29) is 0 Å². The average Bonchev–Trinajstić information content (AvgIpc) is 3.56. The zero-order valence-corrected chi connectivity index (χ0v) is 20.1. The topological polar surface area (TPSA) is 60.3 Å². The Morgan fingerprint density at radius 1 is 1.16 bits per heavy atom. The highest BCUT2D eigenvalue weighted by atomic mass is 32.2. The molecule has 32 heavy (non-hydrogen) atoms. The Labute approximate surface area is 197 Å². The molecule has 1 aliphatic rings. The van der Waals surface area contributed by atoms with Gasteiger partial charge in [-0.1, -0.05) is 42.1 Å². The van der Waals surface area contributed by atoms with Gasteiger partial charge in [0.25, 0.3) is 0 Å². The summed E-state index contributed by atoms with van der Waals surface area (Å²) in [6.45, 7) is 4.23. The molecule has 0 radical (unpaired) electrons. The predicted octanol–water partition coefficient (Wildman–Crippen LogP) is 5.25. The molecule has 0 N–H and O–H groups in total. The summed E-state index contributed by atoms with van der Waals surface area (Å²) < 4.78 is 6.21. The van der Waals surface area contributed by atoms with Crippen molar-refractivity contribution in [2.24, 2.45) is 0 Å². The summed E-state index contributed by atoms with van der Waals surface area (Å²) in [5.41, 5.74) is 3.60. The number of benzene rings is 1. The molecule has 1 saturated carbocycles. The van der Waals surface area contributed by atoms with Gasteiger partial charge in [0.15, 0.2) is 5.16 Å². The molecule has 4 rings (SSSR count). The highest BCUT2D eigenvalue weighted by Crippen LogP contribution is 2.31. The van der Waals surface area contributed by atoms with Crippen LogP contribution < -0.4 is 0 Å². The number of pyridine rings is 1. The van der Waals surface area contributed by atoms with Crippen molar-refractivity contribution in [3.63, 3.8) is 0 Å². The lowest BCUT2D eigenvalue weighted by Gasteiger charge is -2.22. The molecule has 168 valence electrons. The van der Waals surface area contributed by atoms with Crippen LogP contribution in [-0.2, 0) is 17.0 Å². The molecule has 1 aromatic carbocycles. The Morgan fingerprint density at radius 3 is 2.72 bits per heavy atom. The maximum absolute atomic E-state index is 11.8. The fourth-order valence-corrected chi connectivity index (χ4v) is 5.55. The Hall–Kier alpha value is -2.29.